The summed E-state index contributed by atoms with van der Waals surface area (Å²) in [6.07, 6.45) is 2.02. The molecule has 0 radical (unpaired) electrons. The summed E-state index contributed by atoms with van der Waals surface area (Å²) in [6.45, 7) is 2.77. The van der Waals surface area contributed by atoms with Crippen molar-refractivity contribution in [2.75, 3.05) is 24.5 Å². The van der Waals surface area contributed by atoms with Crippen molar-refractivity contribution < 1.29 is 22.0 Å². The molecule has 0 amide bonds. The van der Waals surface area contributed by atoms with Gasteiger partial charge in [-0.1, -0.05) is 0 Å². The van der Waals surface area contributed by atoms with Crippen molar-refractivity contribution in [2.45, 2.75) is 25.3 Å². The van der Waals surface area contributed by atoms with Crippen LogP contribution in [0.2, 0.25) is 0 Å². The maximum absolute atomic E-state index is 13.9. The van der Waals surface area contributed by atoms with E-state index in [1.807, 2.05) is 6.92 Å². The van der Waals surface area contributed by atoms with Crippen LogP contribution in [0.25, 0.3) is 0 Å². The Morgan fingerprint density at radius 3 is 2.00 bits per heavy atom. The Kier molecular flexibility index (Phi) is 3.35. The number of nitrogens with one attached hydrogen (secondary N) is 1. The van der Waals surface area contributed by atoms with E-state index in [-0.39, 0.29) is 18.6 Å². The van der Waals surface area contributed by atoms with Gasteiger partial charge in [0.2, 0.25) is 5.82 Å². The summed E-state index contributed by atoms with van der Waals surface area (Å²) in [5.74, 6) is -9.04. The standard InChI is InChI=1S/C14H15F5N2/c1-14(7-2-3-7)6-21(5-4-20-14)13-11(18)9(16)8(15)10(17)12(13)19/h7,20H,2-6H2,1H3. The smallest absolute Gasteiger partial charge is 0.200 e. The van der Waals surface area contributed by atoms with Crippen molar-refractivity contribution in [2.24, 2.45) is 5.92 Å². The van der Waals surface area contributed by atoms with Crippen molar-refractivity contribution in [3.63, 3.8) is 0 Å². The van der Waals surface area contributed by atoms with Gasteiger partial charge in [-0.05, 0) is 25.7 Å². The average Bonchev–Trinajstić information content (AvgIpc) is 3.28. The Balaban J connectivity index is 2.00. The first-order chi connectivity index (χ1) is 9.85. The fourth-order valence-electron chi connectivity index (χ4n) is 3.06. The first kappa shape index (κ1) is 14.6. The van der Waals surface area contributed by atoms with Gasteiger partial charge in [0.25, 0.3) is 0 Å². The highest BCUT2D eigenvalue weighted by Crippen LogP contribution is 2.42. The van der Waals surface area contributed by atoms with Crippen LogP contribution in [-0.4, -0.2) is 25.2 Å². The highest BCUT2D eigenvalue weighted by molar-refractivity contribution is 5.51. The highest BCUT2D eigenvalue weighted by atomic mass is 19.2. The maximum Gasteiger partial charge on any atom is 0.200 e. The molecule has 1 heterocycles. The van der Waals surface area contributed by atoms with Crippen LogP contribution in [0.3, 0.4) is 0 Å². The fraction of sp³-hybridized carbons (Fsp3) is 0.571. The molecular formula is C14H15F5N2. The maximum atomic E-state index is 13.9. The van der Waals surface area contributed by atoms with Crippen LogP contribution in [-0.2, 0) is 0 Å². The predicted molar refractivity (Wildman–Crippen MR) is 67.6 cm³/mol. The highest BCUT2D eigenvalue weighted by Gasteiger charge is 2.45. The Morgan fingerprint density at radius 2 is 1.48 bits per heavy atom. The second kappa shape index (κ2) is 4.83. The lowest BCUT2D eigenvalue weighted by atomic mass is 9.92. The third-order valence-corrected chi connectivity index (χ3v) is 4.41. The second-order valence-electron chi connectivity index (χ2n) is 5.96. The average molecular weight is 306 g/mol. The lowest BCUT2D eigenvalue weighted by Gasteiger charge is -2.43. The zero-order chi connectivity index (χ0) is 15.4. The summed E-state index contributed by atoms with van der Waals surface area (Å²) < 4.78 is 67.5. The van der Waals surface area contributed by atoms with Crippen LogP contribution < -0.4 is 10.2 Å². The Labute approximate surface area is 118 Å². The Hall–Kier alpha value is -1.37. The summed E-state index contributed by atoms with van der Waals surface area (Å²) in [4.78, 5) is 1.26. The van der Waals surface area contributed by atoms with E-state index in [1.54, 1.807) is 0 Å². The number of nitrogens with zero attached hydrogens (tertiary/aromatic N) is 1. The van der Waals surface area contributed by atoms with Crippen LogP contribution in [0.4, 0.5) is 27.6 Å². The number of benzene rings is 1. The quantitative estimate of drug-likeness (QED) is 0.513. The zero-order valence-electron chi connectivity index (χ0n) is 11.4. The molecule has 1 N–H and O–H groups in total. The van der Waals surface area contributed by atoms with Crippen LogP contribution in [0.5, 0.6) is 0 Å². The van der Waals surface area contributed by atoms with E-state index in [0.29, 0.717) is 12.5 Å². The third-order valence-electron chi connectivity index (χ3n) is 4.41. The first-order valence-electron chi connectivity index (χ1n) is 6.86. The monoisotopic (exact) mass is 306 g/mol. The Bertz CT molecular complexity index is 558. The number of piperazine rings is 1. The van der Waals surface area contributed by atoms with Crippen LogP contribution in [0.1, 0.15) is 19.8 Å². The second-order valence-corrected chi connectivity index (χ2v) is 5.96. The molecule has 0 bridgehead atoms. The van der Waals surface area contributed by atoms with Gasteiger partial charge in [-0.25, -0.2) is 22.0 Å². The molecule has 1 unspecified atom stereocenters. The molecule has 1 aromatic carbocycles. The van der Waals surface area contributed by atoms with E-state index in [4.69, 9.17) is 0 Å². The van der Waals surface area contributed by atoms with Crippen molar-refractivity contribution in [3.8, 4) is 0 Å². The van der Waals surface area contributed by atoms with Gasteiger partial charge >= 0.3 is 0 Å². The minimum absolute atomic E-state index is 0.195. The number of halogens is 5. The minimum Gasteiger partial charge on any atom is -0.363 e. The molecule has 2 fully saturated rings. The molecular weight excluding hydrogens is 291 g/mol. The molecule has 1 atom stereocenters. The normalized spacial score (nSPS) is 26.3. The van der Waals surface area contributed by atoms with E-state index in [2.05, 4.69) is 5.32 Å². The summed E-state index contributed by atoms with van der Waals surface area (Å²) in [7, 11) is 0. The molecule has 1 aromatic rings. The summed E-state index contributed by atoms with van der Waals surface area (Å²) in [6, 6.07) is 0. The molecule has 1 aliphatic heterocycles. The predicted octanol–water partition coefficient (Wildman–Crippen LogP) is 2.96. The summed E-state index contributed by atoms with van der Waals surface area (Å²) >= 11 is 0. The van der Waals surface area contributed by atoms with E-state index in [0.717, 1.165) is 12.8 Å². The van der Waals surface area contributed by atoms with Gasteiger partial charge in [-0.2, -0.15) is 0 Å². The van der Waals surface area contributed by atoms with Gasteiger partial charge in [0.05, 0.1) is 0 Å². The lowest BCUT2D eigenvalue weighted by molar-refractivity contribution is 0.280. The number of hydrogen-bond donors (Lipinski definition) is 1. The van der Waals surface area contributed by atoms with Crippen molar-refractivity contribution in [1.82, 2.24) is 5.32 Å². The van der Waals surface area contributed by atoms with E-state index in [9.17, 15) is 22.0 Å². The van der Waals surface area contributed by atoms with Gasteiger partial charge in [0.1, 0.15) is 5.69 Å². The first-order valence-corrected chi connectivity index (χ1v) is 6.86. The van der Waals surface area contributed by atoms with E-state index >= 15 is 0 Å². The van der Waals surface area contributed by atoms with Crippen molar-refractivity contribution in [1.29, 1.82) is 0 Å². The summed E-state index contributed by atoms with van der Waals surface area (Å²) in [5, 5.41) is 3.29. The Morgan fingerprint density at radius 1 is 0.952 bits per heavy atom. The molecule has 116 valence electrons. The van der Waals surface area contributed by atoms with Gasteiger partial charge in [-0.15, -0.1) is 0 Å². The molecule has 1 saturated heterocycles. The summed E-state index contributed by atoms with van der Waals surface area (Å²) in [5.41, 5.74) is -1.18. The molecule has 1 aliphatic carbocycles. The molecule has 2 nitrogen and oxygen atoms in total. The largest absolute Gasteiger partial charge is 0.363 e. The zero-order valence-corrected chi connectivity index (χ0v) is 11.4. The molecule has 2 aliphatic rings. The molecule has 0 spiro atoms. The van der Waals surface area contributed by atoms with Gasteiger partial charge in [0.15, 0.2) is 23.3 Å². The van der Waals surface area contributed by atoms with Gasteiger partial charge in [-0.3, -0.25) is 0 Å². The fourth-order valence-corrected chi connectivity index (χ4v) is 3.06. The molecule has 21 heavy (non-hydrogen) atoms. The van der Waals surface area contributed by atoms with E-state index in [1.165, 1.54) is 4.90 Å². The van der Waals surface area contributed by atoms with Crippen LogP contribution in [0.15, 0.2) is 0 Å². The SMILES string of the molecule is CC1(C2CC2)CN(c2c(F)c(F)c(F)c(F)c2F)CCN1. The van der Waals surface area contributed by atoms with Crippen molar-refractivity contribution >= 4 is 5.69 Å². The van der Waals surface area contributed by atoms with E-state index < -0.39 is 34.8 Å². The number of anilines is 1. The molecule has 3 rings (SSSR count). The molecule has 1 saturated carbocycles. The van der Waals surface area contributed by atoms with Crippen LogP contribution in [0, 0.1) is 35.0 Å². The van der Waals surface area contributed by atoms with Gasteiger partial charge in [0, 0.05) is 25.2 Å². The topological polar surface area (TPSA) is 15.3 Å². The van der Waals surface area contributed by atoms with Gasteiger partial charge < -0.3 is 10.2 Å². The third kappa shape index (κ3) is 2.27. The molecule has 0 aromatic heterocycles. The van der Waals surface area contributed by atoms with Crippen molar-refractivity contribution in [3.05, 3.63) is 29.1 Å². The number of rotatable bonds is 2. The molecule has 7 heteroatoms. The van der Waals surface area contributed by atoms with Crippen LogP contribution >= 0.6 is 0 Å². The number of hydrogen-bond acceptors (Lipinski definition) is 2. The minimum atomic E-state index is -2.12. The lowest BCUT2D eigenvalue weighted by Crippen LogP contribution is -2.60.